The number of thiophene rings is 1. The zero-order chi connectivity index (χ0) is 10.9. The van der Waals surface area contributed by atoms with Crippen LogP contribution in [0.15, 0.2) is 11.4 Å². The van der Waals surface area contributed by atoms with E-state index in [9.17, 15) is 4.79 Å². The van der Waals surface area contributed by atoms with Crippen molar-refractivity contribution in [2.75, 3.05) is 13.7 Å². The number of carbonyl (C=O) groups is 1. The summed E-state index contributed by atoms with van der Waals surface area (Å²) < 4.78 is 4.65. The minimum absolute atomic E-state index is 0.0612. The third kappa shape index (κ3) is 1.90. The molecule has 82 valence electrons. The van der Waals surface area contributed by atoms with E-state index < -0.39 is 0 Å². The molecule has 1 aromatic rings. The number of hydrogen-bond acceptors (Lipinski definition) is 5. The predicted molar refractivity (Wildman–Crippen MR) is 56.7 cm³/mol. The Bertz CT molecular complexity index is 370. The smallest absolute Gasteiger partial charge is 0.338 e. The molecule has 1 aliphatic carbocycles. The molecule has 1 heterocycles. The van der Waals surface area contributed by atoms with Gasteiger partial charge >= 0.3 is 5.97 Å². The number of hydrogen-bond donors (Lipinski definition) is 1. The van der Waals surface area contributed by atoms with E-state index in [-0.39, 0.29) is 11.4 Å². The molecule has 0 amide bonds. The van der Waals surface area contributed by atoms with E-state index in [0.29, 0.717) is 12.2 Å². The first-order chi connectivity index (χ1) is 7.22. The average Bonchev–Trinajstić information content (AvgIpc) is 2.85. The minimum atomic E-state index is -0.290. The Morgan fingerprint density at radius 3 is 2.93 bits per heavy atom. The predicted octanol–water partition coefficient (Wildman–Crippen LogP) is 1.46. The summed E-state index contributed by atoms with van der Waals surface area (Å²) in [6.07, 6.45) is 2.15. The van der Waals surface area contributed by atoms with E-state index in [4.69, 9.17) is 10.7 Å². The molecule has 15 heavy (non-hydrogen) atoms. The molecule has 1 aliphatic rings. The Hall–Kier alpha value is -0.910. The van der Waals surface area contributed by atoms with E-state index in [0.717, 1.165) is 17.7 Å². The molecular formula is C10H13NO3S. The van der Waals surface area contributed by atoms with E-state index >= 15 is 0 Å². The number of carbonyl (C=O) groups excluding carboxylic acids is 1. The Morgan fingerprint density at radius 1 is 1.67 bits per heavy atom. The van der Waals surface area contributed by atoms with Gasteiger partial charge in [0.15, 0.2) is 0 Å². The van der Waals surface area contributed by atoms with Crippen LogP contribution in [0, 0.1) is 0 Å². The summed E-state index contributed by atoms with van der Waals surface area (Å²) in [4.78, 5) is 17.1. The van der Waals surface area contributed by atoms with Gasteiger partial charge in [-0.1, -0.05) is 0 Å². The molecule has 5 heteroatoms. The largest absolute Gasteiger partial charge is 0.465 e. The third-order valence-electron chi connectivity index (χ3n) is 2.76. The first-order valence-corrected chi connectivity index (χ1v) is 5.59. The van der Waals surface area contributed by atoms with Crippen molar-refractivity contribution in [1.82, 2.24) is 0 Å². The Labute approximate surface area is 91.9 Å². The van der Waals surface area contributed by atoms with Gasteiger partial charge in [0, 0.05) is 15.7 Å². The van der Waals surface area contributed by atoms with Gasteiger partial charge in [0.05, 0.1) is 19.3 Å². The van der Waals surface area contributed by atoms with Crippen LogP contribution in [0.2, 0.25) is 0 Å². The zero-order valence-electron chi connectivity index (χ0n) is 8.49. The lowest BCUT2D eigenvalue weighted by Gasteiger charge is -2.09. The third-order valence-corrected chi connectivity index (χ3v) is 3.93. The van der Waals surface area contributed by atoms with Crippen LogP contribution < -0.4 is 5.90 Å². The molecule has 4 nitrogen and oxygen atoms in total. The first-order valence-electron chi connectivity index (χ1n) is 4.71. The molecule has 1 aromatic heterocycles. The van der Waals surface area contributed by atoms with Crippen LogP contribution in [0.4, 0.5) is 0 Å². The molecule has 0 saturated heterocycles. The molecule has 0 radical (unpaired) electrons. The van der Waals surface area contributed by atoms with Gasteiger partial charge in [-0.15, -0.1) is 11.3 Å². The topological polar surface area (TPSA) is 61.5 Å². The quantitative estimate of drug-likeness (QED) is 0.625. The van der Waals surface area contributed by atoms with Crippen molar-refractivity contribution >= 4 is 17.3 Å². The molecule has 0 aromatic carbocycles. The van der Waals surface area contributed by atoms with Crippen molar-refractivity contribution in [1.29, 1.82) is 0 Å². The second-order valence-electron chi connectivity index (χ2n) is 3.78. The SMILES string of the molecule is COC(=O)c1csc(C2(CON)CC2)c1. The van der Waals surface area contributed by atoms with Crippen molar-refractivity contribution in [2.45, 2.75) is 18.3 Å². The van der Waals surface area contributed by atoms with Crippen LogP contribution in [-0.4, -0.2) is 19.7 Å². The van der Waals surface area contributed by atoms with E-state index in [1.54, 1.807) is 11.3 Å². The van der Waals surface area contributed by atoms with Gasteiger partial charge < -0.3 is 9.57 Å². The maximum absolute atomic E-state index is 11.3. The molecule has 0 spiro atoms. The summed E-state index contributed by atoms with van der Waals surface area (Å²) >= 11 is 1.57. The number of esters is 1. The van der Waals surface area contributed by atoms with Gasteiger partial charge in [0.1, 0.15) is 0 Å². The van der Waals surface area contributed by atoms with Gasteiger partial charge in [-0.05, 0) is 18.9 Å². The highest BCUT2D eigenvalue weighted by Gasteiger charge is 2.46. The van der Waals surface area contributed by atoms with Gasteiger partial charge in [0.25, 0.3) is 0 Å². The second-order valence-corrected chi connectivity index (χ2v) is 4.69. The molecule has 0 bridgehead atoms. The summed E-state index contributed by atoms with van der Waals surface area (Å²) in [7, 11) is 1.38. The molecule has 1 fully saturated rings. The van der Waals surface area contributed by atoms with Crippen molar-refractivity contribution in [3.63, 3.8) is 0 Å². The molecule has 0 unspecified atom stereocenters. The molecule has 2 rings (SSSR count). The number of nitrogens with two attached hydrogens (primary N) is 1. The Kier molecular flexibility index (Phi) is 2.77. The maximum Gasteiger partial charge on any atom is 0.338 e. The fourth-order valence-corrected chi connectivity index (χ4v) is 2.74. The fraction of sp³-hybridized carbons (Fsp3) is 0.500. The van der Waals surface area contributed by atoms with Gasteiger partial charge in [-0.3, -0.25) is 0 Å². The first kappa shape index (κ1) is 10.6. The fourth-order valence-electron chi connectivity index (χ4n) is 1.61. The van der Waals surface area contributed by atoms with E-state index in [1.807, 2.05) is 11.4 Å². The summed E-state index contributed by atoms with van der Waals surface area (Å²) in [5.41, 5.74) is 0.673. The highest BCUT2D eigenvalue weighted by molar-refractivity contribution is 7.10. The lowest BCUT2D eigenvalue weighted by molar-refractivity contribution is 0.0601. The van der Waals surface area contributed by atoms with Gasteiger partial charge in [-0.2, -0.15) is 0 Å². The Morgan fingerprint density at radius 2 is 2.40 bits per heavy atom. The van der Waals surface area contributed by atoms with Crippen molar-refractivity contribution in [2.24, 2.45) is 5.90 Å². The summed E-state index contributed by atoms with van der Waals surface area (Å²) in [6, 6.07) is 1.88. The zero-order valence-corrected chi connectivity index (χ0v) is 9.30. The highest BCUT2D eigenvalue weighted by atomic mass is 32.1. The highest BCUT2D eigenvalue weighted by Crippen LogP contribution is 2.50. The van der Waals surface area contributed by atoms with Crippen molar-refractivity contribution in [3.8, 4) is 0 Å². The molecule has 1 saturated carbocycles. The van der Waals surface area contributed by atoms with Crippen LogP contribution in [0.1, 0.15) is 28.1 Å². The van der Waals surface area contributed by atoms with Gasteiger partial charge in [-0.25, -0.2) is 10.7 Å². The Balaban J connectivity index is 2.17. The summed E-state index contributed by atoms with van der Waals surface area (Å²) in [6.45, 7) is 0.522. The normalized spacial score (nSPS) is 17.5. The van der Waals surface area contributed by atoms with Crippen LogP contribution in [0.25, 0.3) is 0 Å². The second kappa shape index (κ2) is 3.92. The maximum atomic E-state index is 11.3. The molecule has 0 atom stereocenters. The van der Waals surface area contributed by atoms with Gasteiger partial charge in [0.2, 0.25) is 0 Å². The average molecular weight is 227 g/mol. The van der Waals surface area contributed by atoms with Crippen LogP contribution in [0.3, 0.4) is 0 Å². The monoisotopic (exact) mass is 227 g/mol. The van der Waals surface area contributed by atoms with Crippen LogP contribution in [-0.2, 0) is 15.0 Å². The standard InChI is InChI=1S/C10H13NO3S/c1-13-9(12)7-4-8(15-5-7)10(2-3-10)6-14-11/h4-5H,2-3,6,11H2,1H3. The van der Waals surface area contributed by atoms with Crippen molar-refractivity contribution < 1.29 is 14.4 Å². The van der Waals surface area contributed by atoms with E-state index in [2.05, 4.69) is 4.74 Å². The van der Waals surface area contributed by atoms with E-state index in [1.165, 1.54) is 7.11 Å². The molecular weight excluding hydrogens is 214 g/mol. The summed E-state index contributed by atoms with van der Waals surface area (Å²) in [5, 5.41) is 1.82. The van der Waals surface area contributed by atoms with Crippen LogP contribution in [0.5, 0.6) is 0 Å². The lowest BCUT2D eigenvalue weighted by atomic mass is 10.1. The number of rotatable bonds is 4. The minimum Gasteiger partial charge on any atom is -0.465 e. The molecule has 2 N–H and O–H groups in total. The number of ether oxygens (including phenoxy) is 1. The molecule has 0 aliphatic heterocycles. The lowest BCUT2D eigenvalue weighted by Crippen LogP contribution is -2.16. The van der Waals surface area contributed by atoms with Crippen molar-refractivity contribution in [3.05, 3.63) is 21.9 Å². The number of methoxy groups -OCH3 is 1. The summed E-state index contributed by atoms with van der Waals surface area (Å²) in [5.74, 6) is 4.81. The van der Waals surface area contributed by atoms with Crippen LogP contribution >= 0.6 is 11.3 Å².